The average Bonchev–Trinajstić information content (AvgIpc) is 2.64. The van der Waals surface area contributed by atoms with Crippen molar-refractivity contribution in [3.63, 3.8) is 0 Å². The lowest BCUT2D eigenvalue weighted by atomic mass is 10.0. The molecule has 4 rings (SSSR count). The van der Waals surface area contributed by atoms with E-state index in [1.165, 1.54) is 10.9 Å². The number of rotatable bonds is 4. The fraction of sp³-hybridized carbons (Fsp3) is 0.300. The number of hydrogen-bond donors (Lipinski definition) is 1. The van der Waals surface area contributed by atoms with Gasteiger partial charge in [0.2, 0.25) is 0 Å². The molecule has 24 heavy (non-hydrogen) atoms. The molecule has 0 aliphatic carbocycles. The zero-order chi connectivity index (χ0) is 16.2. The first-order valence-corrected chi connectivity index (χ1v) is 8.59. The topological polar surface area (TPSA) is 41.1 Å². The third kappa shape index (κ3) is 3.54. The Labute approximate surface area is 142 Å². The van der Waals surface area contributed by atoms with Crippen molar-refractivity contribution in [2.75, 3.05) is 18.4 Å². The summed E-state index contributed by atoms with van der Waals surface area (Å²) in [4.78, 5) is 11.1. The smallest absolute Gasteiger partial charge is 0.0703 e. The Kier molecular flexibility index (Phi) is 4.38. The van der Waals surface area contributed by atoms with Gasteiger partial charge in [-0.1, -0.05) is 18.2 Å². The molecular weight excluding hydrogens is 296 g/mol. The highest BCUT2D eigenvalue weighted by Crippen LogP contribution is 2.20. The van der Waals surface area contributed by atoms with Crippen LogP contribution in [0.3, 0.4) is 0 Å². The molecule has 4 nitrogen and oxygen atoms in total. The molecule has 4 heteroatoms. The molecule has 0 bridgehead atoms. The molecular formula is C20H22N4. The number of likely N-dealkylation sites (tertiary alicyclic amines) is 1. The van der Waals surface area contributed by atoms with E-state index < -0.39 is 0 Å². The predicted molar refractivity (Wildman–Crippen MR) is 97.9 cm³/mol. The van der Waals surface area contributed by atoms with E-state index in [-0.39, 0.29) is 0 Å². The van der Waals surface area contributed by atoms with Gasteiger partial charge in [-0.25, -0.2) is 0 Å². The van der Waals surface area contributed by atoms with Gasteiger partial charge in [-0.05, 0) is 42.7 Å². The van der Waals surface area contributed by atoms with Crippen LogP contribution >= 0.6 is 0 Å². The minimum absolute atomic E-state index is 0.529. The molecule has 1 N–H and O–H groups in total. The number of aromatic nitrogens is 2. The highest BCUT2D eigenvalue weighted by Gasteiger charge is 2.19. The lowest BCUT2D eigenvalue weighted by Crippen LogP contribution is -2.38. The van der Waals surface area contributed by atoms with Gasteiger partial charge in [0, 0.05) is 43.5 Å². The van der Waals surface area contributed by atoms with Crippen molar-refractivity contribution < 1.29 is 0 Å². The van der Waals surface area contributed by atoms with E-state index in [0.717, 1.165) is 43.7 Å². The standard InChI is InChI=1S/C20H22N4/c1-2-4-20-17(3-1)13-19(14-22-20)23-18-7-11-24(12-8-18)15-16-5-9-21-10-6-16/h1-6,9-10,13-14,18,23H,7-8,11-12,15H2. The Bertz CT molecular complexity index is 795. The summed E-state index contributed by atoms with van der Waals surface area (Å²) < 4.78 is 0. The molecule has 0 unspecified atom stereocenters. The van der Waals surface area contributed by atoms with E-state index in [4.69, 9.17) is 0 Å². The van der Waals surface area contributed by atoms with Gasteiger partial charge >= 0.3 is 0 Å². The first kappa shape index (κ1) is 15.1. The summed E-state index contributed by atoms with van der Waals surface area (Å²) >= 11 is 0. The second-order valence-electron chi connectivity index (χ2n) is 6.47. The van der Waals surface area contributed by atoms with Crippen molar-refractivity contribution >= 4 is 16.6 Å². The second-order valence-corrected chi connectivity index (χ2v) is 6.47. The monoisotopic (exact) mass is 318 g/mol. The highest BCUT2D eigenvalue weighted by atomic mass is 15.1. The minimum Gasteiger partial charge on any atom is -0.381 e. The van der Waals surface area contributed by atoms with Crippen LogP contribution in [0.2, 0.25) is 0 Å². The van der Waals surface area contributed by atoms with Gasteiger partial charge in [0.1, 0.15) is 0 Å². The third-order valence-electron chi connectivity index (χ3n) is 4.70. The molecule has 0 radical (unpaired) electrons. The fourth-order valence-corrected chi connectivity index (χ4v) is 3.37. The number of piperidine rings is 1. The van der Waals surface area contributed by atoms with Crippen molar-refractivity contribution in [1.29, 1.82) is 0 Å². The highest BCUT2D eigenvalue weighted by molar-refractivity contribution is 5.81. The van der Waals surface area contributed by atoms with Gasteiger partial charge in [-0.15, -0.1) is 0 Å². The van der Waals surface area contributed by atoms with Gasteiger partial charge < -0.3 is 5.32 Å². The van der Waals surface area contributed by atoms with Crippen molar-refractivity contribution in [2.24, 2.45) is 0 Å². The number of benzene rings is 1. The van der Waals surface area contributed by atoms with Crippen LogP contribution in [0.15, 0.2) is 61.1 Å². The maximum Gasteiger partial charge on any atom is 0.0703 e. The van der Waals surface area contributed by atoms with Crippen LogP contribution in [-0.2, 0) is 6.54 Å². The summed E-state index contributed by atoms with van der Waals surface area (Å²) in [6.07, 6.45) is 8.02. The second kappa shape index (κ2) is 6.97. The van der Waals surface area contributed by atoms with Crippen LogP contribution in [0.5, 0.6) is 0 Å². The molecule has 2 aromatic heterocycles. The van der Waals surface area contributed by atoms with Crippen LogP contribution in [-0.4, -0.2) is 34.0 Å². The number of hydrogen-bond acceptors (Lipinski definition) is 4. The summed E-state index contributed by atoms with van der Waals surface area (Å²) in [6, 6.07) is 15.2. The Morgan fingerprint density at radius 2 is 1.83 bits per heavy atom. The van der Waals surface area contributed by atoms with Gasteiger partial charge in [0.05, 0.1) is 17.4 Å². The molecule has 1 fully saturated rings. The van der Waals surface area contributed by atoms with Crippen LogP contribution in [0.25, 0.3) is 10.9 Å². The quantitative estimate of drug-likeness (QED) is 0.796. The van der Waals surface area contributed by atoms with E-state index in [2.05, 4.69) is 56.6 Å². The molecule has 0 spiro atoms. The van der Waals surface area contributed by atoms with Gasteiger partial charge in [0.15, 0.2) is 0 Å². The zero-order valence-electron chi connectivity index (χ0n) is 13.7. The van der Waals surface area contributed by atoms with E-state index >= 15 is 0 Å². The first-order valence-electron chi connectivity index (χ1n) is 8.59. The number of anilines is 1. The summed E-state index contributed by atoms with van der Waals surface area (Å²) in [5, 5.41) is 4.85. The number of nitrogens with zero attached hydrogens (tertiary/aromatic N) is 3. The molecule has 1 saturated heterocycles. The molecule has 3 heterocycles. The minimum atomic E-state index is 0.529. The lowest BCUT2D eigenvalue weighted by molar-refractivity contribution is 0.211. The first-order chi connectivity index (χ1) is 11.9. The molecule has 0 saturated carbocycles. The molecule has 1 aromatic carbocycles. The molecule has 122 valence electrons. The maximum absolute atomic E-state index is 4.54. The molecule has 1 aliphatic rings. The van der Waals surface area contributed by atoms with Crippen molar-refractivity contribution in [3.8, 4) is 0 Å². The normalized spacial score (nSPS) is 16.3. The lowest BCUT2D eigenvalue weighted by Gasteiger charge is -2.32. The Morgan fingerprint density at radius 3 is 2.67 bits per heavy atom. The molecule has 0 amide bonds. The average molecular weight is 318 g/mol. The number of pyridine rings is 2. The number of para-hydroxylation sites is 1. The Hall–Kier alpha value is -2.46. The largest absolute Gasteiger partial charge is 0.381 e. The van der Waals surface area contributed by atoms with E-state index in [1.807, 2.05) is 24.7 Å². The van der Waals surface area contributed by atoms with Crippen molar-refractivity contribution in [2.45, 2.75) is 25.4 Å². The van der Waals surface area contributed by atoms with Gasteiger partial charge in [-0.3, -0.25) is 14.9 Å². The maximum atomic E-state index is 4.54. The summed E-state index contributed by atoms with van der Waals surface area (Å²) in [6.45, 7) is 3.27. The Balaban J connectivity index is 1.34. The van der Waals surface area contributed by atoms with E-state index in [0.29, 0.717) is 6.04 Å². The molecule has 1 aliphatic heterocycles. The molecule has 3 aromatic rings. The van der Waals surface area contributed by atoms with Crippen molar-refractivity contribution in [3.05, 3.63) is 66.6 Å². The molecule has 0 atom stereocenters. The van der Waals surface area contributed by atoms with Gasteiger partial charge in [0.25, 0.3) is 0 Å². The van der Waals surface area contributed by atoms with Crippen LogP contribution in [0.4, 0.5) is 5.69 Å². The summed E-state index contributed by atoms with van der Waals surface area (Å²) in [7, 11) is 0. The summed E-state index contributed by atoms with van der Waals surface area (Å²) in [5.41, 5.74) is 3.52. The third-order valence-corrected chi connectivity index (χ3v) is 4.70. The predicted octanol–water partition coefficient (Wildman–Crippen LogP) is 3.71. The number of nitrogens with one attached hydrogen (secondary N) is 1. The SMILES string of the molecule is c1ccc2ncc(NC3CCN(Cc4ccncc4)CC3)cc2c1. The van der Waals surface area contributed by atoms with Gasteiger partial charge in [-0.2, -0.15) is 0 Å². The Morgan fingerprint density at radius 1 is 1.04 bits per heavy atom. The zero-order valence-corrected chi connectivity index (χ0v) is 13.7. The number of fused-ring (bicyclic) bond motifs is 1. The fourth-order valence-electron chi connectivity index (χ4n) is 3.37. The van der Waals surface area contributed by atoms with E-state index in [1.54, 1.807) is 0 Å². The van der Waals surface area contributed by atoms with Crippen molar-refractivity contribution in [1.82, 2.24) is 14.9 Å². The van der Waals surface area contributed by atoms with E-state index in [9.17, 15) is 0 Å². The van der Waals surface area contributed by atoms with Crippen LogP contribution in [0.1, 0.15) is 18.4 Å². The van der Waals surface area contributed by atoms with Crippen LogP contribution < -0.4 is 5.32 Å². The van der Waals surface area contributed by atoms with Crippen LogP contribution in [0, 0.1) is 0 Å². The summed E-state index contributed by atoms with van der Waals surface area (Å²) in [5.74, 6) is 0.